The standard InChI is InChI=1S/C6H5N5OS/c1-13-6-8-2-4(3-12)5(9-6)10-11-7/h2-3H,1H3. The van der Waals surface area contributed by atoms with E-state index in [1.54, 1.807) is 6.26 Å². The summed E-state index contributed by atoms with van der Waals surface area (Å²) in [5, 5.41) is 3.74. The van der Waals surface area contributed by atoms with Crippen LogP contribution >= 0.6 is 11.8 Å². The third-order valence-corrected chi connectivity index (χ3v) is 1.78. The molecular weight excluding hydrogens is 190 g/mol. The monoisotopic (exact) mass is 195 g/mol. The highest BCUT2D eigenvalue weighted by Crippen LogP contribution is 2.17. The van der Waals surface area contributed by atoms with Gasteiger partial charge in [-0.2, -0.15) is 0 Å². The molecule has 0 N–H and O–H groups in total. The Morgan fingerprint density at radius 2 is 2.54 bits per heavy atom. The van der Waals surface area contributed by atoms with Gasteiger partial charge in [-0.25, -0.2) is 9.97 Å². The van der Waals surface area contributed by atoms with Crippen LogP contribution in [0, 0.1) is 0 Å². The summed E-state index contributed by atoms with van der Waals surface area (Å²) in [6.45, 7) is 0. The van der Waals surface area contributed by atoms with Crippen LogP contribution in [0.2, 0.25) is 0 Å². The van der Waals surface area contributed by atoms with E-state index in [0.29, 0.717) is 11.4 Å². The number of hydrogen-bond donors (Lipinski definition) is 0. The third kappa shape index (κ3) is 2.17. The summed E-state index contributed by atoms with van der Waals surface area (Å²) in [4.78, 5) is 20.7. The number of aldehydes is 1. The molecule has 13 heavy (non-hydrogen) atoms. The number of aromatic nitrogens is 2. The minimum Gasteiger partial charge on any atom is -0.298 e. The number of nitrogens with zero attached hydrogens (tertiary/aromatic N) is 5. The van der Waals surface area contributed by atoms with Crippen LogP contribution < -0.4 is 0 Å². The van der Waals surface area contributed by atoms with Crippen molar-refractivity contribution < 1.29 is 4.79 Å². The van der Waals surface area contributed by atoms with Crippen LogP contribution in [0.5, 0.6) is 0 Å². The summed E-state index contributed by atoms with van der Waals surface area (Å²) in [5.74, 6) is 0.0665. The van der Waals surface area contributed by atoms with Crippen LogP contribution in [-0.2, 0) is 0 Å². The molecule has 6 nitrogen and oxygen atoms in total. The van der Waals surface area contributed by atoms with Crippen LogP contribution in [0.1, 0.15) is 10.4 Å². The molecule has 0 aliphatic rings. The average molecular weight is 195 g/mol. The fourth-order valence-electron chi connectivity index (χ4n) is 0.670. The van der Waals surface area contributed by atoms with Gasteiger partial charge in [0.1, 0.15) is 5.82 Å². The molecule has 1 rings (SSSR count). The lowest BCUT2D eigenvalue weighted by Crippen LogP contribution is -1.90. The van der Waals surface area contributed by atoms with Crippen molar-refractivity contribution in [2.75, 3.05) is 6.26 Å². The van der Waals surface area contributed by atoms with Crippen molar-refractivity contribution in [2.45, 2.75) is 5.16 Å². The maximum atomic E-state index is 10.4. The molecule has 1 aromatic rings. The quantitative estimate of drug-likeness (QED) is 0.184. The number of thioether (sulfide) groups is 1. The molecule has 0 aliphatic carbocycles. The lowest BCUT2D eigenvalue weighted by molar-refractivity contribution is 0.112. The predicted molar refractivity (Wildman–Crippen MR) is 48.0 cm³/mol. The van der Waals surface area contributed by atoms with Crippen LogP contribution in [0.3, 0.4) is 0 Å². The zero-order valence-corrected chi connectivity index (χ0v) is 7.52. The second-order valence-electron chi connectivity index (χ2n) is 1.94. The van der Waals surface area contributed by atoms with E-state index in [4.69, 9.17) is 5.53 Å². The van der Waals surface area contributed by atoms with E-state index in [9.17, 15) is 4.79 Å². The second kappa shape index (κ2) is 4.44. The SMILES string of the molecule is CSc1ncc(C=O)c(N=[N+]=[N-])n1. The van der Waals surface area contributed by atoms with Crippen LogP contribution in [0.25, 0.3) is 10.4 Å². The Hall–Kier alpha value is -1.59. The van der Waals surface area contributed by atoms with Gasteiger partial charge < -0.3 is 0 Å². The van der Waals surface area contributed by atoms with Crippen LogP contribution in [0.4, 0.5) is 5.82 Å². The van der Waals surface area contributed by atoms with E-state index in [1.807, 2.05) is 0 Å². The molecule has 0 amide bonds. The van der Waals surface area contributed by atoms with Crippen molar-refractivity contribution in [3.8, 4) is 0 Å². The van der Waals surface area contributed by atoms with Crippen LogP contribution in [0.15, 0.2) is 16.5 Å². The molecule has 0 radical (unpaired) electrons. The first kappa shape index (κ1) is 9.50. The molecule has 0 aliphatic heterocycles. The number of carbonyl (C=O) groups excluding carboxylic acids is 1. The first-order valence-electron chi connectivity index (χ1n) is 3.23. The Morgan fingerprint density at radius 3 is 3.08 bits per heavy atom. The molecule has 0 aromatic carbocycles. The van der Waals surface area contributed by atoms with Crippen molar-refractivity contribution in [3.05, 3.63) is 22.2 Å². The number of carbonyl (C=O) groups is 1. The van der Waals surface area contributed by atoms with E-state index >= 15 is 0 Å². The van der Waals surface area contributed by atoms with E-state index < -0.39 is 0 Å². The van der Waals surface area contributed by atoms with Crippen molar-refractivity contribution >= 4 is 23.9 Å². The van der Waals surface area contributed by atoms with Gasteiger partial charge in [0.25, 0.3) is 0 Å². The van der Waals surface area contributed by atoms with E-state index in [1.165, 1.54) is 18.0 Å². The summed E-state index contributed by atoms with van der Waals surface area (Å²) >= 11 is 1.31. The van der Waals surface area contributed by atoms with Crippen molar-refractivity contribution in [3.63, 3.8) is 0 Å². The molecule has 0 fully saturated rings. The summed E-state index contributed by atoms with van der Waals surface area (Å²) in [7, 11) is 0. The van der Waals surface area contributed by atoms with Gasteiger partial charge in [0.15, 0.2) is 11.4 Å². The highest BCUT2D eigenvalue weighted by Gasteiger charge is 2.03. The summed E-state index contributed by atoms with van der Waals surface area (Å²) in [5.41, 5.74) is 8.37. The molecule has 0 saturated carbocycles. The van der Waals surface area contributed by atoms with Crippen LogP contribution in [-0.4, -0.2) is 22.5 Å². The fraction of sp³-hybridized carbons (Fsp3) is 0.167. The fourth-order valence-corrected chi connectivity index (χ4v) is 1.01. The normalized spacial score (nSPS) is 9.00. The number of rotatable bonds is 3. The lowest BCUT2D eigenvalue weighted by Gasteiger charge is -1.97. The largest absolute Gasteiger partial charge is 0.298 e. The lowest BCUT2D eigenvalue weighted by atomic mass is 10.3. The molecular formula is C6H5N5OS. The maximum absolute atomic E-state index is 10.4. The predicted octanol–water partition coefficient (Wildman–Crippen LogP) is 1.95. The molecule has 0 atom stereocenters. The Kier molecular flexibility index (Phi) is 3.24. The van der Waals surface area contributed by atoms with Gasteiger partial charge in [0.05, 0.1) is 5.56 Å². The van der Waals surface area contributed by atoms with E-state index in [0.717, 1.165) is 0 Å². The van der Waals surface area contributed by atoms with Crippen molar-refractivity contribution in [1.82, 2.24) is 9.97 Å². The topological polar surface area (TPSA) is 91.6 Å². The molecule has 0 bridgehead atoms. The molecule has 1 aromatic heterocycles. The Labute approximate surface area is 78.0 Å². The van der Waals surface area contributed by atoms with Gasteiger partial charge in [-0.1, -0.05) is 11.8 Å². The van der Waals surface area contributed by atoms with E-state index in [2.05, 4.69) is 20.0 Å². The zero-order chi connectivity index (χ0) is 9.68. The first-order valence-corrected chi connectivity index (χ1v) is 4.45. The highest BCUT2D eigenvalue weighted by molar-refractivity contribution is 7.98. The molecule has 66 valence electrons. The van der Waals surface area contributed by atoms with Gasteiger partial charge in [0.2, 0.25) is 0 Å². The van der Waals surface area contributed by atoms with Gasteiger partial charge >= 0.3 is 0 Å². The minimum atomic E-state index is 0.0665. The Bertz CT molecular complexity index is 373. The summed E-state index contributed by atoms with van der Waals surface area (Å²) in [6.07, 6.45) is 3.67. The summed E-state index contributed by atoms with van der Waals surface area (Å²) in [6, 6.07) is 0. The van der Waals surface area contributed by atoms with Gasteiger partial charge in [-0.15, -0.1) is 0 Å². The highest BCUT2D eigenvalue weighted by atomic mass is 32.2. The maximum Gasteiger partial charge on any atom is 0.187 e. The van der Waals surface area contributed by atoms with Crippen molar-refractivity contribution in [1.29, 1.82) is 0 Å². The molecule has 0 spiro atoms. The van der Waals surface area contributed by atoms with E-state index in [-0.39, 0.29) is 11.4 Å². The summed E-state index contributed by atoms with van der Waals surface area (Å²) < 4.78 is 0. The number of hydrogen-bond acceptors (Lipinski definition) is 5. The van der Waals surface area contributed by atoms with Gasteiger partial charge in [-0.3, -0.25) is 4.79 Å². The minimum absolute atomic E-state index is 0.0665. The number of azide groups is 1. The molecule has 7 heteroatoms. The smallest absolute Gasteiger partial charge is 0.187 e. The van der Waals surface area contributed by atoms with Crippen molar-refractivity contribution in [2.24, 2.45) is 5.11 Å². The third-order valence-electron chi connectivity index (χ3n) is 1.22. The molecule has 1 heterocycles. The second-order valence-corrected chi connectivity index (χ2v) is 2.72. The zero-order valence-electron chi connectivity index (χ0n) is 6.71. The average Bonchev–Trinajstić information content (AvgIpc) is 2.18. The molecule has 0 saturated heterocycles. The molecule has 0 unspecified atom stereocenters. The first-order chi connectivity index (χ1) is 6.31. The Balaban J connectivity index is 3.24. The Morgan fingerprint density at radius 1 is 1.77 bits per heavy atom. The van der Waals surface area contributed by atoms with Gasteiger partial charge in [-0.05, 0) is 16.9 Å². The van der Waals surface area contributed by atoms with Gasteiger partial charge in [0, 0.05) is 11.1 Å².